The fraction of sp³-hybridized carbons (Fsp3) is 0.588. The Morgan fingerprint density at radius 3 is 2.76 bits per heavy atom. The number of halogens is 1. The van der Waals surface area contributed by atoms with Gasteiger partial charge in [-0.3, -0.25) is 4.79 Å². The second kappa shape index (κ2) is 7.41. The summed E-state index contributed by atoms with van der Waals surface area (Å²) in [6.07, 6.45) is 3.64. The number of amides is 1. The van der Waals surface area contributed by atoms with E-state index in [0.29, 0.717) is 6.42 Å². The van der Waals surface area contributed by atoms with Crippen molar-refractivity contribution < 1.29 is 4.79 Å². The lowest BCUT2D eigenvalue weighted by atomic mass is 9.81. The summed E-state index contributed by atoms with van der Waals surface area (Å²) in [6.45, 7) is 7.26. The summed E-state index contributed by atoms with van der Waals surface area (Å²) in [5, 5.41) is 6.48. The summed E-state index contributed by atoms with van der Waals surface area (Å²) in [4.78, 5) is 12.0. The average molecular weight is 353 g/mol. The van der Waals surface area contributed by atoms with Crippen LogP contribution < -0.4 is 10.6 Å². The Morgan fingerprint density at radius 2 is 2.10 bits per heavy atom. The average Bonchev–Trinajstić information content (AvgIpc) is 2.47. The maximum atomic E-state index is 12.0. The van der Waals surface area contributed by atoms with Gasteiger partial charge in [0.2, 0.25) is 5.91 Å². The first-order chi connectivity index (χ1) is 9.98. The molecule has 1 fully saturated rings. The van der Waals surface area contributed by atoms with E-state index in [2.05, 4.69) is 58.6 Å². The minimum Gasteiger partial charge on any atom is -0.356 e. The first-order valence-corrected chi connectivity index (χ1v) is 8.50. The second-order valence-electron chi connectivity index (χ2n) is 6.42. The fourth-order valence-corrected chi connectivity index (χ4v) is 2.97. The Morgan fingerprint density at radius 1 is 1.38 bits per heavy atom. The van der Waals surface area contributed by atoms with Crippen LogP contribution in [0, 0.1) is 12.3 Å². The van der Waals surface area contributed by atoms with Crippen LogP contribution in [-0.2, 0) is 11.2 Å². The van der Waals surface area contributed by atoms with Gasteiger partial charge in [0.25, 0.3) is 0 Å². The SMILES string of the molecule is Cc1cc(CCC(=O)NCC2(C)CCNCC2)ccc1Br. The van der Waals surface area contributed by atoms with E-state index in [4.69, 9.17) is 0 Å². The van der Waals surface area contributed by atoms with Crippen LogP contribution in [0.25, 0.3) is 0 Å². The normalized spacial score (nSPS) is 17.5. The van der Waals surface area contributed by atoms with E-state index < -0.39 is 0 Å². The van der Waals surface area contributed by atoms with E-state index in [1.807, 2.05) is 0 Å². The third-order valence-corrected chi connectivity index (χ3v) is 5.28. The Hall–Kier alpha value is -0.870. The summed E-state index contributed by atoms with van der Waals surface area (Å²) < 4.78 is 1.12. The third kappa shape index (κ3) is 5.11. The van der Waals surface area contributed by atoms with E-state index in [9.17, 15) is 4.79 Å². The zero-order chi connectivity index (χ0) is 15.3. The molecule has 0 atom stereocenters. The maximum absolute atomic E-state index is 12.0. The number of carbonyl (C=O) groups is 1. The standard InChI is InChI=1S/C17H25BrN2O/c1-13-11-14(3-5-15(13)18)4-6-16(21)20-12-17(2)7-9-19-10-8-17/h3,5,11,19H,4,6-10,12H2,1-2H3,(H,20,21). The largest absolute Gasteiger partial charge is 0.356 e. The monoisotopic (exact) mass is 352 g/mol. The van der Waals surface area contributed by atoms with Crippen LogP contribution >= 0.6 is 15.9 Å². The van der Waals surface area contributed by atoms with Gasteiger partial charge in [-0.1, -0.05) is 35.0 Å². The smallest absolute Gasteiger partial charge is 0.220 e. The van der Waals surface area contributed by atoms with E-state index in [-0.39, 0.29) is 11.3 Å². The van der Waals surface area contributed by atoms with Gasteiger partial charge in [0.05, 0.1) is 0 Å². The van der Waals surface area contributed by atoms with Crippen molar-refractivity contribution in [2.24, 2.45) is 5.41 Å². The Labute approximate surface area is 136 Å². The molecule has 1 aliphatic heterocycles. The molecule has 0 saturated carbocycles. The maximum Gasteiger partial charge on any atom is 0.220 e. The third-order valence-electron chi connectivity index (χ3n) is 4.39. The highest BCUT2D eigenvalue weighted by atomic mass is 79.9. The van der Waals surface area contributed by atoms with Crippen LogP contribution in [0.3, 0.4) is 0 Å². The summed E-state index contributed by atoms with van der Waals surface area (Å²) in [5.74, 6) is 0.162. The van der Waals surface area contributed by atoms with Crippen molar-refractivity contribution in [3.63, 3.8) is 0 Å². The molecule has 1 aliphatic rings. The van der Waals surface area contributed by atoms with Crippen LogP contribution in [0.2, 0.25) is 0 Å². The van der Waals surface area contributed by atoms with Crippen LogP contribution in [0.4, 0.5) is 0 Å². The predicted molar refractivity (Wildman–Crippen MR) is 90.4 cm³/mol. The summed E-state index contributed by atoms with van der Waals surface area (Å²) in [7, 11) is 0. The lowest BCUT2D eigenvalue weighted by Gasteiger charge is -2.34. The number of aryl methyl sites for hydroxylation is 2. The highest BCUT2D eigenvalue weighted by molar-refractivity contribution is 9.10. The molecule has 2 rings (SSSR count). The number of rotatable bonds is 5. The molecule has 1 aromatic carbocycles. The topological polar surface area (TPSA) is 41.1 Å². The molecule has 116 valence electrons. The molecule has 1 amide bonds. The van der Waals surface area contributed by atoms with Crippen molar-refractivity contribution in [1.82, 2.24) is 10.6 Å². The molecule has 0 spiro atoms. The summed E-state index contributed by atoms with van der Waals surface area (Å²) in [6, 6.07) is 6.28. The molecule has 0 unspecified atom stereocenters. The summed E-state index contributed by atoms with van der Waals surface area (Å²) >= 11 is 3.50. The lowest BCUT2D eigenvalue weighted by molar-refractivity contribution is -0.121. The van der Waals surface area contributed by atoms with E-state index >= 15 is 0 Å². The molecule has 0 bridgehead atoms. The molecule has 1 aromatic rings. The quantitative estimate of drug-likeness (QED) is 0.854. The van der Waals surface area contributed by atoms with Gasteiger partial charge in [-0.2, -0.15) is 0 Å². The van der Waals surface area contributed by atoms with Gasteiger partial charge in [0.15, 0.2) is 0 Å². The highest BCUT2D eigenvalue weighted by Crippen LogP contribution is 2.26. The van der Waals surface area contributed by atoms with Crippen LogP contribution in [0.15, 0.2) is 22.7 Å². The number of benzene rings is 1. The first-order valence-electron chi connectivity index (χ1n) is 7.71. The van der Waals surface area contributed by atoms with Gasteiger partial charge in [0.1, 0.15) is 0 Å². The van der Waals surface area contributed by atoms with Gasteiger partial charge in [-0.05, 0) is 61.9 Å². The van der Waals surface area contributed by atoms with Crippen molar-refractivity contribution >= 4 is 21.8 Å². The van der Waals surface area contributed by atoms with Crippen molar-refractivity contribution in [2.45, 2.75) is 39.5 Å². The number of hydrogen-bond acceptors (Lipinski definition) is 2. The molecule has 3 nitrogen and oxygen atoms in total. The molecule has 0 aromatic heterocycles. The number of piperidine rings is 1. The Balaban J connectivity index is 1.75. The zero-order valence-corrected chi connectivity index (χ0v) is 14.6. The molecule has 2 N–H and O–H groups in total. The molecule has 1 heterocycles. The van der Waals surface area contributed by atoms with Gasteiger partial charge in [-0.15, -0.1) is 0 Å². The number of carbonyl (C=O) groups excluding carboxylic acids is 1. The first kappa shape index (κ1) is 16.5. The predicted octanol–water partition coefficient (Wildman–Crippen LogP) is 3.20. The molecule has 21 heavy (non-hydrogen) atoms. The minimum atomic E-state index is 0.162. The highest BCUT2D eigenvalue weighted by Gasteiger charge is 2.26. The molecular weight excluding hydrogens is 328 g/mol. The van der Waals surface area contributed by atoms with Crippen molar-refractivity contribution in [3.8, 4) is 0 Å². The molecule has 1 saturated heterocycles. The molecule has 4 heteroatoms. The molecular formula is C17H25BrN2O. The van der Waals surface area contributed by atoms with Gasteiger partial charge < -0.3 is 10.6 Å². The Bertz CT molecular complexity index is 496. The molecule has 0 aliphatic carbocycles. The number of nitrogens with one attached hydrogen (secondary N) is 2. The van der Waals surface area contributed by atoms with Crippen LogP contribution in [0.5, 0.6) is 0 Å². The van der Waals surface area contributed by atoms with Gasteiger partial charge >= 0.3 is 0 Å². The number of hydrogen-bond donors (Lipinski definition) is 2. The fourth-order valence-electron chi connectivity index (χ4n) is 2.73. The zero-order valence-electron chi connectivity index (χ0n) is 13.0. The van der Waals surface area contributed by atoms with Crippen LogP contribution in [0.1, 0.15) is 37.3 Å². The van der Waals surface area contributed by atoms with Crippen molar-refractivity contribution in [3.05, 3.63) is 33.8 Å². The Kier molecular flexibility index (Phi) is 5.82. The van der Waals surface area contributed by atoms with E-state index in [0.717, 1.165) is 43.4 Å². The lowest BCUT2D eigenvalue weighted by Crippen LogP contribution is -2.42. The van der Waals surface area contributed by atoms with E-state index in [1.54, 1.807) is 0 Å². The van der Waals surface area contributed by atoms with Crippen molar-refractivity contribution in [2.75, 3.05) is 19.6 Å². The van der Waals surface area contributed by atoms with Gasteiger partial charge in [0, 0.05) is 17.4 Å². The minimum absolute atomic E-state index is 0.162. The van der Waals surface area contributed by atoms with Gasteiger partial charge in [-0.25, -0.2) is 0 Å². The molecule has 0 radical (unpaired) electrons. The second-order valence-corrected chi connectivity index (χ2v) is 7.28. The van der Waals surface area contributed by atoms with Crippen LogP contribution in [-0.4, -0.2) is 25.5 Å². The van der Waals surface area contributed by atoms with Crippen molar-refractivity contribution in [1.29, 1.82) is 0 Å². The summed E-state index contributed by atoms with van der Waals surface area (Å²) in [5.41, 5.74) is 2.70. The van der Waals surface area contributed by atoms with E-state index in [1.165, 1.54) is 11.1 Å².